The molecule has 1 aromatic heterocycles. The third-order valence-corrected chi connectivity index (χ3v) is 3.86. The quantitative estimate of drug-likeness (QED) is 0.654. The Morgan fingerprint density at radius 2 is 1.87 bits per heavy atom. The van der Waals surface area contributed by atoms with E-state index in [4.69, 9.17) is 23.2 Å². The molecule has 7 heteroatoms. The molecule has 23 heavy (non-hydrogen) atoms. The molecule has 0 unspecified atom stereocenters. The number of carboxylic acid groups (broad SMARTS) is 1. The average Bonchev–Trinajstić information content (AvgIpc) is 2.92. The first-order chi connectivity index (χ1) is 11.0. The van der Waals surface area contributed by atoms with Crippen molar-refractivity contribution in [3.05, 3.63) is 63.8 Å². The lowest BCUT2D eigenvalue weighted by Gasteiger charge is -2.09. The summed E-state index contributed by atoms with van der Waals surface area (Å²) in [5.41, 5.74) is 1.00. The SMILES string of the molecule is O=C(Nc1c(Cl)cccc1C(=O)O)c1cc2cc(Cl)ccc2[nH]1. The van der Waals surface area contributed by atoms with Crippen molar-refractivity contribution in [1.82, 2.24) is 4.98 Å². The second-order valence-corrected chi connectivity index (χ2v) is 5.68. The van der Waals surface area contributed by atoms with Crippen LogP contribution in [0.25, 0.3) is 10.9 Å². The molecule has 1 heterocycles. The first-order valence-electron chi connectivity index (χ1n) is 6.57. The number of carboxylic acids is 1. The number of nitrogens with one attached hydrogen (secondary N) is 2. The predicted octanol–water partition coefficient (Wildman–Crippen LogP) is 4.43. The highest BCUT2D eigenvalue weighted by Gasteiger charge is 2.17. The van der Waals surface area contributed by atoms with Gasteiger partial charge >= 0.3 is 5.97 Å². The number of carbonyl (C=O) groups is 2. The molecule has 3 aromatic rings. The number of fused-ring (bicyclic) bond motifs is 1. The molecule has 0 aliphatic rings. The fourth-order valence-corrected chi connectivity index (χ4v) is 2.64. The van der Waals surface area contributed by atoms with Crippen molar-refractivity contribution in [2.75, 3.05) is 5.32 Å². The topological polar surface area (TPSA) is 82.2 Å². The summed E-state index contributed by atoms with van der Waals surface area (Å²) in [5, 5.41) is 13.2. The number of hydrogen-bond donors (Lipinski definition) is 3. The molecule has 0 radical (unpaired) electrons. The summed E-state index contributed by atoms with van der Waals surface area (Å²) in [5.74, 6) is -1.67. The number of aromatic nitrogens is 1. The van der Waals surface area contributed by atoms with E-state index in [0.717, 1.165) is 10.9 Å². The van der Waals surface area contributed by atoms with Gasteiger partial charge in [0.1, 0.15) is 5.69 Å². The van der Waals surface area contributed by atoms with Crippen molar-refractivity contribution in [2.24, 2.45) is 0 Å². The van der Waals surface area contributed by atoms with E-state index in [9.17, 15) is 14.7 Å². The third kappa shape index (κ3) is 3.02. The maximum Gasteiger partial charge on any atom is 0.337 e. The van der Waals surface area contributed by atoms with Gasteiger partial charge < -0.3 is 15.4 Å². The Kier molecular flexibility index (Phi) is 3.98. The minimum atomic E-state index is -1.17. The first-order valence-corrected chi connectivity index (χ1v) is 7.33. The predicted molar refractivity (Wildman–Crippen MR) is 89.7 cm³/mol. The summed E-state index contributed by atoms with van der Waals surface area (Å²) in [7, 11) is 0. The minimum absolute atomic E-state index is 0.0587. The lowest BCUT2D eigenvalue weighted by atomic mass is 10.1. The van der Waals surface area contributed by atoms with Gasteiger partial charge in [-0.2, -0.15) is 0 Å². The second kappa shape index (κ2) is 5.95. The van der Waals surface area contributed by atoms with Crippen LogP contribution in [0.2, 0.25) is 10.0 Å². The lowest BCUT2D eigenvalue weighted by molar-refractivity contribution is 0.0698. The molecule has 3 N–H and O–H groups in total. The Morgan fingerprint density at radius 1 is 1.09 bits per heavy atom. The highest BCUT2D eigenvalue weighted by Crippen LogP contribution is 2.27. The van der Waals surface area contributed by atoms with E-state index in [2.05, 4.69) is 10.3 Å². The number of rotatable bonds is 3. The number of aromatic carboxylic acids is 1. The van der Waals surface area contributed by atoms with Gasteiger partial charge in [0, 0.05) is 15.9 Å². The number of H-pyrrole nitrogens is 1. The van der Waals surface area contributed by atoms with Crippen LogP contribution in [-0.2, 0) is 0 Å². The Labute approximate surface area is 140 Å². The summed E-state index contributed by atoms with van der Waals surface area (Å²) in [6, 6.07) is 11.2. The normalized spacial score (nSPS) is 10.7. The van der Waals surface area contributed by atoms with Crippen LogP contribution in [0, 0.1) is 0 Å². The Balaban J connectivity index is 1.96. The monoisotopic (exact) mass is 348 g/mol. The van der Waals surface area contributed by atoms with E-state index in [1.165, 1.54) is 18.2 Å². The molecule has 0 aliphatic heterocycles. The van der Waals surface area contributed by atoms with Crippen LogP contribution < -0.4 is 5.32 Å². The number of para-hydroxylation sites is 1. The fourth-order valence-electron chi connectivity index (χ4n) is 2.24. The molecule has 1 amide bonds. The van der Waals surface area contributed by atoms with Crippen molar-refractivity contribution in [3.63, 3.8) is 0 Å². The number of aromatic amines is 1. The van der Waals surface area contributed by atoms with E-state index >= 15 is 0 Å². The van der Waals surface area contributed by atoms with E-state index in [-0.39, 0.29) is 22.0 Å². The molecule has 116 valence electrons. The summed E-state index contributed by atoms with van der Waals surface area (Å²) in [4.78, 5) is 26.6. The number of benzene rings is 2. The van der Waals surface area contributed by atoms with Gasteiger partial charge in [-0.3, -0.25) is 4.79 Å². The lowest BCUT2D eigenvalue weighted by Crippen LogP contribution is -2.15. The second-order valence-electron chi connectivity index (χ2n) is 4.84. The third-order valence-electron chi connectivity index (χ3n) is 3.31. The molecule has 0 saturated heterocycles. The highest BCUT2D eigenvalue weighted by molar-refractivity contribution is 6.35. The molecule has 0 fully saturated rings. The number of carbonyl (C=O) groups excluding carboxylic acids is 1. The van der Waals surface area contributed by atoms with Gasteiger partial charge in [0.05, 0.1) is 16.3 Å². The van der Waals surface area contributed by atoms with Gasteiger partial charge in [0.25, 0.3) is 5.91 Å². The van der Waals surface area contributed by atoms with E-state index in [1.54, 1.807) is 24.3 Å². The van der Waals surface area contributed by atoms with Gasteiger partial charge in [-0.1, -0.05) is 29.3 Å². The zero-order chi connectivity index (χ0) is 16.6. The summed E-state index contributed by atoms with van der Waals surface area (Å²) < 4.78 is 0. The zero-order valence-electron chi connectivity index (χ0n) is 11.6. The maximum absolute atomic E-state index is 12.4. The van der Waals surface area contributed by atoms with Crippen molar-refractivity contribution < 1.29 is 14.7 Å². The maximum atomic E-state index is 12.4. The van der Waals surface area contributed by atoms with Crippen LogP contribution in [0.4, 0.5) is 5.69 Å². The van der Waals surface area contributed by atoms with Crippen LogP contribution in [-0.4, -0.2) is 22.0 Å². The van der Waals surface area contributed by atoms with Gasteiger partial charge in [0.2, 0.25) is 0 Å². The van der Waals surface area contributed by atoms with E-state index in [1.807, 2.05) is 0 Å². The Morgan fingerprint density at radius 3 is 2.61 bits per heavy atom. The van der Waals surface area contributed by atoms with Crippen LogP contribution in [0.15, 0.2) is 42.5 Å². The number of anilines is 1. The van der Waals surface area contributed by atoms with Gasteiger partial charge in [-0.15, -0.1) is 0 Å². The first kappa shape index (κ1) is 15.4. The van der Waals surface area contributed by atoms with Crippen LogP contribution in [0.3, 0.4) is 0 Å². The molecule has 2 aromatic carbocycles. The van der Waals surface area contributed by atoms with Crippen molar-refractivity contribution in [1.29, 1.82) is 0 Å². The van der Waals surface area contributed by atoms with Gasteiger partial charge in [-0.25, -0.2) is 4.79 Å². The van der Waals surface area contributed by atoms with Crippen LogP contribution in [0.1, 0.15) is 20.8 Å². The largest absolute Gasteiger partial charge is 0.478 e. The summed E-state index contributed by atoms with van der Waals surface area (Å²) in [6.07, 6.45) is 0. The summed E-state index contributed by atoms with van der Waals surface area (Å²) in [6.45, 7) is 0. The molecular weight excluding hydrogens is 339 g/mol. The molecular formula is C16H10Cl2N2O3. The van der Waals surface area contributed by atoms with Gasteiger partial charge in [-0.05, 0) is 36.4 Å². The number of amides is 1. The van der Waals surface area contributed by atoms with Crippen LogP contribution >= 0.6 is 23.2 Å². The Hall–Kier alpha value is -2.50. The van der Waals surface area contributed by atoms with Crippen molar-refractivity contribution in [3.8, 4) is 0 Å². The standard InChI is InChI=1S/C16H10Cl2N2O3/c17-9-4-5-12-8(6-9)7-13(19-12)15(21)20-14-10(16(22)23)2-1-3-11(14)18/h1-7,19H,(H,20,21)(H,22,23). The molecule has 3 rings (SSSR count). The van der Waals surface area contributed by atoms with Crippen LogP contribution in [0.5, 0.6) is 0 Å². The average molecular weight is 349 g/mol. The minimum Gasteiger partial charge on any atom is -0.478 e. The number of hydrogen-bond acceptors (Lipinski definition) is 2. The fraction of sp³-hybridized carbons (Fsp3) is 0. The molecule has 0 spiro atoms. The van der Waals surface area contributed by atoms with Crippen molar-refractivity contribution >= 4 is 51.7 Å². The summed E-state index contributed by atoms with van der Waals surface area (Å²) >= 11 is 11.9. The van der Waals surface area contributed by atoms with E-state index < -0.39 is 11.9 Å². The molecule has 5 nitrogen and oxygen atoms in total. The molecule has 0 aliphatic carbocycles. The molecule has 0 saturated carbocycles. The smallest absolute Gasteiger partial charge is 0.337 e. The highest BCUT2D eigenvalue weighted by atomic mass is 35.5. The van der Waals surface area contributed by atoms with Crippen molar-refractivity contribution in [2.45, 2.75) is 0 Å². The molecule has 0 bridgehead atoms. The molecule has 0 atom stereocenters. The Bertz CT molecular complexity index is 934. The zero-order valence-corrected chi connectivity index (χ0v) is 13.1. The number of halogens is 2. The van der Waals surface area contributed by atoms with E-state index in [0.29, 0.717) is 5.02 Å². The van der Waals surface area contributed by atoms with Gasteiger partial charge in [0.15, 0.2) is 0 Å².